The number of nitrogens with zero attached hydrogens (tertiary/aromatic N) is 1. The van der Waals surface area contributed by atoms with E-state index in [2.05, 4.69) is 5.32 Å². The molecule has 1 aliphatic carbocycles. The maximum absolute atomic E-state index is 12.4. The van der Waals surface area contributed by atoms with E-state index >= 15 is 0 Å². The second kappa shape index (κ2) is 9.30. The van der Waals surface area contributed by atoms with Crippen LogP contribution in [0.1, 0.15) is 51.0 Å². The summed E-state index contributed by atoms with van der Waals surface area (Å²) in [5.74, 6) is 0.434. The van der Waals surface area contributed by atoms with Gasteiger partial charge in [-0.25, -0.2) is 0 Å². The highest BCUT2D eigenvalue weighted by atomic mass is 16.3. The Morgan fingerprint density at radius 1 is 1.25 bits per heavy atom. The number of phenolic OH excluding ortho intramolecular Hbond substituents is 1. The number of carbonyl (C=O) groups excluding carboxylic acids is 2. The third-order valence-corrected chi connectivity index (χ3v) is 4.56. The van der Waals surface area contributed by atoms with E-state index in [1.165, 1.54) is 0 Å². The zero-order valence-electron chi connectivity index (χ0n) is 14.5. The average molecular weight is 332 g/mol. The number of nitrogens with one attached hydrogen (secondary N) is 1. The molecule has 1 fully saturated rings. The van der Waals surface area contributed by atoms with Crippen molar-refractivity contribution in [2.75, 3.05) is 13.1 Å². The van der Waals surface area contributed by atoms with Crippen LogP contribution in [0.15, 0.2) is 24.3 Å². The van der Waals surface area contributed by atoms with E-state index in [9.17, 15) is 14.7 Å². The van der Waals surface area contributed by atoms with Crippen molar-refractivity contribution in [1.29, 1.82) is 0 Å². The molecule has 0 aromatic heterocycles. The lowest BCUT2D eigenvalue weighted by atomic mass is 10.1. The average Bonchev–Trinajstić information content (AvgIpc) is 3.10. The van der Waals surface area contributed by atoms with Gasteiger partial charge in [-0.1, -0.05) is 38.0 Å². The van der Waals surface area contributed by atoms with Crippen LogP contribution in [0.2, 0.25) is 0 Å². The molecule has 0 radical (unpaired) electrons. The second-order valence-corrected chi connectivity index (χ2v) is 6.47. The molecular weight excluding hydrogens is 304 g/mol. The number of benzene rings is 1. The topological polar surface area (TPSA) is 69.6 Å². The van der Waals surface area contributed by atoms with Crippen molar-refractivity contribution in [3.63, 3.8) is 0 Å². The van der Waals surface area contributed by atoms with Gasteiger partial charge in [0, 0.05) is 37.5 Å². The van der Waals surface area contributed by atoms with Crippen molar-refractivity contribution in [2.45, 2.75) is 52.0 Å². The number of carbonyl (C=O) groups is 2. The summed E-state index contributed by atoms with van der Waals surface area (Å²) in [4.78, 5) is 26.2. The molecule has 1 saturated carbocycles. The lowest BCUT2D eigenvalue weighted by molar-refractivity contribution is -0.132. The van der Waals surface area contributed by atoms with Crippen molar-refractivity contribution in [3.05, 3.63) is 29.8 Å². The summed E-state index contributed by atoms with van der Waals surface area (Å²) in [6.07, 6.45) is 5.34. The SMILES string of the molecule is CCCN(Cc1ccccc1O)C(=O)CCNC(=O)C1CCCC1. The van der Waals surface area contributed by atoms with Crippen LogP contribution in [0, 0.1) is 5.92 Å². The fourth-order valence-electron chi connectivity index (χ4n) is 3.20. The molecule has 1 aromatic rings. The minimum atomic E-state index is 0.00632. The molecule has 5 nitrogen and oxygen atoms in total. The standard InChI is InChI=1S/C19H28N2O3/c1-2-13-21(14-16-9-5-6-10-17(16)22)18(23)11-12-20-19(24)15-7-3-4-8-15/h5-6,9-10,15,22H,2-4,7-8,11-14H2,1H3,(H,20,24). The minimum Gasteiger partial charge on any atom is -0.508 e. The van der Waals surface area contributed by atoms with E-state index in [-0.39, 0.29) is 23.5 Å². The highest BCUT2D eigenvalue weighted by Crippen LogP contribution is 2.24. The van der Waals surface area contributed by atoms with E-state index in [0.717, 1.165) is 37.7 Å². The quantitative estimate of drug-likeness (QED) is 0.769. The third-order valence-electron chi connectivity index (χ3n) is 4.56. The van der Waals surface area contributed by atoms with Gasteiger partial charge in [0.05, 0.1) is 0 Å². The molecule has 0 atom stereocenters. The highest BCUT2D eigenvalue weighted by Gasteiger charge is 2.22. The van der Waals surface area contributed by atoms with E-state index in [4.69, 9.17) is 0 Å². The first-order chi connectivity index (χ1) is 11.6. The maximum Gasteiger partial charge on any atom is 0.224 e. The Balaban J connectivity index is 1.82. The molecule has 24 heavy (non-hydrogen) atoms. The number of hydrogen-bond donors (Lipinski definition) is 2. The first kappa shape index (κ1) is 18.3. The lowest BCUT2D eigenvalue weighted by Crippen LogP contribution is -2.36. The minimum absolute atomic E-state index is 0.00632. The van der Waals surface area contributed by atoms with E-state index < -0.39 is 0 Å². The summed E-state index contributed by atoms with van der Waals surface area (Å²) in [5, 5.41) is 12.8. The van der Waals surface area contributed by atoms with Gasteiger partial charge in [-0.15, -0.1) is 0 Å². The van der Waals surface area contributed by atoms with E-state index in [1.807, 2.05) is 19.1 Å². The van der Waals surface area contributed by atoms with Crippen LogP contribution < -0.4 is 5.32 Å². The van der Waals surface area contributed by atoms with Crippen LogP contribution in [0.25, 0.3) is 0 Å². The van der Waals surface area contributed by atoms with Gasteiger partial charge >= 0.3 is 0 Å². The summed E-state index contributed by atoms with van der Waals surface area (Å²) in [6, 6.07) is 7.08. The fraction of sp³-hybridized carbons (Fsp3) is 0.579. The van der Waals surface area contributed by atoms with Crippen molar-refractivity contribution in [1.82, 2.24) is 10.2 Å². The summed E-state index contributed by atoms with van der Waals surface area (Å²) in [5.41, 5.74) is 0.745. The van der Waals surface area contributed by atoms with Gasteiger partial charge in [-0.05, 0) is 25.3 Å². The Hall–Kier alpha value is -2.04. The Morgan fingerprint density at radius 2 is 1.96 bits per heavy atom. The zero-order valence-corrected chi connectivity index (χ0v) is 14.5. The molecule has 0 bridgehead atoms. The second-order valence-electron chi connectivity index (χ2n) is 6.47. The number of rotatable bonds is 8. The molecule has 1 aliphatic rings. The van der Waals surface area contributed by atoms with Crippen LogP contribution in [-0.2, 0) is 16.1 Å². The van der Waals surface area contributed by atoms with Crippen molar-refractivity contribution >= 4 is 11.8 Å². The molecule has 0 heterocycles. The Bertz CT molecular complexity index is 553. The lowest BCUT2D eigenvalue weighted by Gasteiger charge is -2.23. The summed E-state index contributed by atoms with van der Waals surface area (Å²) < 4.78 is 0. The van der Waals surface area contributed by atoms with Crippen LogP contribution in [0.5, 0.6) is 5.75 Å². The molecule has 1 aromatic carbocycles. The number of phenols is 1. The van der Waals surface area contributed by atoms with Crippen molar-refractivity contribution < 1.29 is 14.7 Å². The Kier molecular flexibility index (Phi) is 7.09. The molecule has 2 N–H and O–H groups in total. The van der Waals surface area contributed by atoms with Gasteiger partial charge in [-0.2, -0.15) is 0 Å². The van der Waals surface area contributed by atoms with E-state index in [1.54, 1.807) is 17.0 Å². The van der Waals surface area contributed by atoms with Crippen LogP contribution in [-0.4, -0.2) is 34.9 Å². The molecule has 132 valence electrons. The number of amides is 2. The Morgan fingerprint density at radius 3 is 2.62 bits per heavy atom. The van der Waals surface area contributed by atoms with Crippen molar-refractivity contribution in [3.8, 4) is 5.75 Å². The molecule has 2 rings (SSSR count). The largest absolute Gasteiger partial charge is 0.508 e. The first-order valence-corrected chi connectivity index (χ1v) is 8.94. The monoisotopic (exact) mass is 332 g/mol. The first-order valence-electron chi connectivity index (χ1n) is 8.94. The van der Waals surface area contributed by atoms with Crippen LogP contribution in [0.4, 0.5) is 0 Å². The van der Waals surface area contributed by atoms with Crippen LogP contribution >= 0.6 is 0 Å². The number of aromatic hydroxyl groups is 1. The van der Waals surface area contributed by atoms with Gasteiger partial charge in [0.25, 0.3) is 0 Å². The maximum atomic E-state index is 12.4. The summed E-state index contributed by atoms with van der Waals surface area (Å²) in [6.45, 7) is 3.45. The molecule has 0 spiro atoms. The molecule has 5 heteroatoms. The smallest absolute Gasteiger partial charge is 0.224 e. The van der Waals surface area contributed by atoms with Gasteiger partial charge in [-0.3, -0.25) is 9.59 Å². The molecule has 0 unspecified atom stereocenters. The summed E-state index contributed by atoms with van der Waals surface area (Å²) >= 11 is 0. The number of para-hydroxylation sites is 1. The summed E-state index contributed by atoms with van der Waals surface area (Å²) in [7, 11) is 0. The molecule has 0 saturated heterocycles. The van der Waals surface area contributed by atoms with Gasteiger partial charge < -0.3 is 15.3 Å². The zero-order chi connectivity index (χ0) is 17.4. The fourth-order valence-corrected chi connectivity index (χ4v) is 3.20. The highest BCUT2D eigenvalue weighted by molar-refractivity contribution is 5.80. The van der Waals surface area contributed by atoms with E-state index in [0.29, 0.717) is 26.1 Å². The molecule has 2 amide bonds. The predicted octanol–water partition coefficient (Wildman–Crippen LogP) is 2.83. The van der Waals surface area contributed by atoms with Crippen molar-refractivity contribution in [2.24, 2.45) is 5.92 Å². The van der Waals surface area contributed by atoms with Gasteiger partial charge in [0.1, 0.15) is 5.75 Å². The third kappa shape index (κ3) is 5.25. The molecule has 0 aliphatic heterocycles. The van der Waals surface area contributed by atoms with Gasteiger partial charge in [0.2, 0.25) is 11.8 Å². The molecular formula is C19H28N2O3. The predicted molar refractivity (Wildman–Crippen MR) is 93.4 cm³/mol. The number of hydrogen-bond acceptors (Lipinski definition) is 3. The normalized spacial score (nSPS) is 14.5. The van der Waals surface area contributed by atoms with Crippen LogP contribution in [0.3, 0.4) is 0 Å². The Labute approximate surface area is 144 Å². The van der Waals surface area contributed by atoms with Gasteiger partial charge in [0.15, 0.2) is 0 Å².